The van der Waals surface area contributed by atoms with Gasteiger partial charge in [-0.1, -0.05) is 12.1 Å². The summed E-state index contributed by atoms with van der Waals surface area (Å²) < 4.78 is 0. The summed E-state index contributed by atoms with van der Waals surface area (Å²) in [6.07, 6.45) is 0. The lowest BCUT2D eigenvalue weighted by Crippen LogP contribution is -2.30. The average molecular weight is 326 g/mol. The van der Waals surface area contributed by atoms with E-state index >= 15 is 0 Å². The van der Waals surface area contributed by atoms with Gasteiger partial charge in [0.25, 0.3) is 5.91 Å². The third-order valence-electron chi connectivity index (χ3n) is 3.59. The monoisotopic (exact) mass is 326 g/mol. The molecule has 2 rings (SSSR count). The second kappa shape index (κ2) is 7.64. The maximum Gasteiger partial charge on any atom is 0.335 e. The van der Waals surface area contributed by atoms with E-state index in [1.165, 1.54) is 0 Å². The number of carboxylic acid groups (broad SMARTS) is 1. The quantitative estimate of drug-likeness (QED) is 0.760. The van der Waals surface area contributed by atoms with Gasteiger partial charge in [0.05, 0.1) is 5.56 Å². The van der Waals surface area contributed by atoms with Crippen molar-refractivity contribution < 1.29 is 14.7 Å². The number of benzene rings is 2. The van der Waals surface area contributed by atoms with Gasteiger partial charge < -0.3 is 15.7 Å². The van der Waals surface area contributed by atoms with Crippen LogP contribution < -0.4 is 10.6 Å². The first kappa shape index (κ1) is 17.5. The van der Waals surface area contributed by atoms with Gasteiger partial charge in [0.2, 0.25) is 0 Å². The fourth-order valence-electron chi connectivity index (χ4n) is 2.34. The summed E-state index contributed by atoms with van der Waals surface area (Å²) in [6.45, 7) is 6.34. The summed E-state index contributed by atoms with van der Waals surface area (Å²) >= 11 is 0. The van der Waals surface area contributed by atoms with Crippen LogP contribution in [-0.2, 0) is 6.54 Å². The summed E-state index contributed by atoms with van der Waals surface area (Å²) in [5.41, 5.74) is 3.74. The Morgan fingerprint density at radius 1 is 1.08 bits per heavy atom. The molecule has 0 spiro atoms. The molecule has 0 aliphatic carbocycles. The van der Waals surface area contributed by atoms with Crippen LogP contribution in [0.25, 0.3) is 0 Å². The summed E-state index contributed by atoms with van der Waals surface area (Å²) in [7, 11) is 0. The van der Waals surface area contributed by atoms with Crippen LogP contribution in [0.15, 0.2) is 42.5 Å². The minimum Gasteiger partial charge on any atom is -0.478 e. The van der Waals surface area contributed by atoms with Crippen LogP contribution in [-0.4, -0.2) is 23.0 Å². The highest BCUT2D eigenvalue weighted by atomic mass is 16.4. The Balaban J connectivity index is 2.02. The third-order valence-corrected chi connectivity index (χ3v) is 3.59. The maximum absolute atomic E-state index is 12.1. The van der Waals surface area contributed by atoms with Crippen LogP contribution in [0.5, 0.6) is 0 Å². The number of aryl methyl sites for hydroxylation is 1. The van der Waals surface area contributed by atoms with Crippen molar-refractivity contribution in [1.82, 2.24) is 5.32 Å². The lowest BCUT2D eigenvalue weighted by Gasteiger charge is -2.13. The molecule has 5 heteroatoms. The number of anilines is 1. The number of rotatable bonds is 6. The van der Waals surface area contributed by atoms with E-state index in [4.69, 9.17) is 5.11 Å². The van der Waals surface area contributed by atoms with Crippen molar-refractivity contribution in [2.24, 2.45) is 0 Å². The van der Waals surface area contributed by atoms with Crippen LogP contribution in [0.4, 0.5) is 5.69 Å². The molecule has 0 atom stereocenters. The van der Waals surface area contributed by atoms with Gasteiger partial charge in [-0.15, -0.1) is 0 Å². The second-order valence-electron chi connectivity index (χ2n) is 6.01. The zero-order chi connectivity index (χ0) is 17.7. The molecular formula is C19H22N2O3. The molecule has 0 aromatic heterocycles. The number of carbonyl (C=O) groups excluding carboxylic acids is 1. The van der Waals surface area contributed by atoms with Crippen LogP contribution in [0.3, 0.4) is 0 Å². The molecule has 24 heavy (non-hydrogen) atoms. The van der Waals surface area contributed by atoms with Gasteiger partial charge >= 0.3 is 5.97 Å². The zero-order valence-electron chi connectivity index (χ0n) is 14.1. The Morgan fingerprint density at radius 2 is 1.75 bits per heavy atom. The summed E-state index contributed by atoms with van der Waals surface area (Å²) in [5.74, 6) is -1.00. The lowest BCUT2D eigenvalue weighted by molar-refractivity contribution is 0.0696. The van der Waals surface area contributed by atoms with Crippen molar-refractivity contribution >= 4 is 17.6 Å². The molecule has 5 nitrogen and oxygen atoms in total. The van der Waals surface area contributed by atoms with Crippen molar-refractivity contribution in [3.63, 3.8) is 0 Å². The number of aromatic carboxylic acids is 1. The van der Waals surface area contributed by atoms with E-state index in [0.717, 1.165) is 16.8 Å². The molecule has 0 heterocycles. The van der Waals surface area contributed by atoms with Crippen LogP contribution in [0, 0.1) is 6.92 Å². The minimum absolute atomic E-state index is 0.0710. The van der Waals surface area contributed by atoms with Crippen molar-refractivity contribution in [3.8, 4) is 0 Å². The number of carbonyl (C=O) groups is 2. The molecule has 2 aromatic rings. The SMILES string of the molecule is Cc1cc(NCc2ccc(C(=O)O)cc2)ccc1C(=O)NC(C)C. The molecule has 3 N–H and O–H groups in total. The third kappa shape index (κ3) is 4.59. The average Bonchev–Trinajstić information content (AvgIpc) is 2.52. The van der Waals surface area contributed by atoms with Crippen molar-refractivity contribution in [2.45, 2.75) is 33.4 Å². The van der Waals surface area contributed by atoms with E-state index in [9.17, 15) is 9.59 Å². The van der Waals surface area contributed by atoms with E-state index in [0.29, 0.717) is 12.1 Å². The largest absolute Gasteiger partial charge is 0.478 e. The molecule has 0 bridgehead atoms. The smallest absolute Gasteiger partial charge is 0.335 e. The van der Waals surface area contributed by atoms with E-state index in [1.807, 2.05) is 39.0 Å². The van der Waals surface area contributed by atoms with E-state index in [-0.39, 0.29) is 17.5 Å². The van der Waals surface area contributed by atoms with Gasteiger partial charge in [0.15, 0.2) is 0 Å². The normalized spacial score (nSPS) is 10.5. The molecule has 126 valence electrons. The maximum atomic E-state index is 12.1. The van der Waals surface area contributed by atoms with Crippen molar-refractivity contribution in [2.75, 3.05) is 5.32 Å². The Bertz CT molecular complexity index is 737. The van der Waals surface area contributed by atoms with Gasteiger partial charge in [-0.2, -0.15) is 0 Å². The van der Waals surface area contributed by atoms with E-state index < -0.39 is 5.97 Å². The minimum atomic E-state index is -0.930. The fraction of sp³-hybridized carbons (Fsp3) is 0.263. The molecule has 0 aliphatic heterocycles. The second-order valence-corrected chi connectivity index (χ2v) is 6.01. The number of carboxylic acids is 1. The first-order valence-electron chi connectivity index (χ1n) is 7.84. The molecule has 0 unspecified atom stereocenters. The molecule has 0 saturated carbocycles. The van der Waals surface area contributed by atoms with Crippen molar-refractivity contribution in [3.05, 3.63) is 64.7 Å². The number of amides is 1. The molecule has 0 fully saturated rings. The van der Waals surface area contributed by atoms with Gasteiger partial charge in [0.1, 0.15) is 0 Å². The fourth-order valence-corrected chi connectivity index (χ4v) is 2.34. The number of hydrogen-bond acceptors (Lipinski definition) is 3. The van der Waals surface area contributed by atoms with Crippen LogP contribution in [0.2, 0.25) is 0 Å². The topological polar surface area (TPSA) is 78.4 Å². The highest BCUT2D eigenvalue weighted by Crippen LogP contribution is 2.16. The molecule has 1 amide bonds. The number of nitrogens with one attached hydrogen (secondary N) is 2. The zero-order valence-corrected chi connectivity index (χ0v) is 14.1. The first-order valence-corrected chi connectivity index (χ1v) is 7.84. The van der Waals surface area contributed by atoms with E-state index in [1.54, 1.807) is 24.3 Å². The molecule has 0 radical (unpaired) electrons. The highest BCUT2D eigenvalue weighted by molar-refractivity contribution is 5.96. The Labute approximate surface area is 141 Å². The lowest BCUT2D eigenvalue weighted by atomic mass is 10.1. The molecule has 2 aromatic carbocycles. The van der Waals surface area contributed by atoms with Gasteiger partial charge in [0, 0.05) is 23.8 Å². The van der Waals surface area contributed by atoms with Gasteiger partial charge in [-0.05, 0) is 62.2 Å². The molecule has 0 aliphatic rings. The summed E-state index contributed by atoms with van der Waals surface area (Å²) in [5, 5.41) is 15.1. The first-order chi connectivity index (χ1) is 11.4. The highest BCUT2D eigenvalue weighted by Gasteiger charge is 2.10. The van der Waals surface area contributed by atoms with E-state index in [2.05, 4.69) is 10.6 Å². The predicted molar refractivity (Wildman–Crippen MR) is 94.5 cm³/mol. The molecular weight excluding hydrogens is 304 g/mol. The number of hydrogen-bond donors (Lipinski definition) is 3. The Morgan fingerprint density at radius 3 is 2.29 bits per heavy atom. The Hall–Kier alpha value is -2.82. The standard InChI is InChI=1S/C19H22N2O3/c1-12(2)21-18(22)17-9-8-16(10-13(17)3)20-11-14-4-6-15(7-5-14)19(23)24/h4-10,12,20H,11H2,1-3H3,(H,21,22)(H,23,24). The predicted octanol–water partition coefficient (Wildman–Crippen LogP) is 3.44. The van der Waals surface area contributed by atoms with Gasteiger partial charge in [-0.25, -0.2) is 4.79 Å². The Kier molecular flexibility index (Phi) is 5.58. The van der Waals surface area contributed by atoms with Crippen LogP contribution in [0.1, 0.15) is 45.7 Å². The summed E-state index contributed by atoms with van der Waals surface area (Å²) in [6, 6.07) is 12.5. The van der Waals surface area contributed by atoms with Crippen LogP contribution >= 0.6 is 0 Å². The molecule has 0 saturated heterocycles. The summed E-state index contributed by atoms with van der Waals surface area (Å²) in [4.78, 5) is 22.9. The van der Waals surface area contributed by atoms with Gasteiger partial charge in [-0.3, -0.25) is 4.79 Å². The van der Waals surface area contributed by atoms with Crippen molar-refractivity contribution in [1.29, 1.82) is 0 Å².